The van der Waals surface area contributed by atoms with Gasteiger partial charge in [0, 0.05) is 14.2 Å². The predicted octanol–water partition coefficient (Wildman–Crippen LogP) is 5.31. The molecule has 5 heteroatoms. The molecular weight excluding hydrogens is 447 g/mol. The molecule has 0 aliphatic carbocycles. The van der Waals surface area contributed by atoms with Gasteiger partial charge in [-0.05, 0) is 83.3 Å². The first kappa shape index (κ1) is 16.3. The average Bonchev–Trinajstić information content (AvgIpc) is 2.63. The number of rotatable bonds is 2. The molecule has 25 heavy (non-hydrogen) atoms. The van der Waals surface area contributed by atoms with Crippen LogP contribution in [0.1, 0.15) is 0 Å². The molecule has 3 aromatic carbocycles. The van der Waals surface area contributed by atoms with Crippen LogP contribution in [0.3, 0.4) is 0 Å². The average molecular weight is 459 g/mol. The van der Waals surface area contributed by atoms with Crippen molar-refractivity contribution in [1.82, 2.24) is 9.55 Å². The molecule has 0 bridgehead atoms. The summed E-state index contributed by atoms with van der Waals surface area (Å²) in [5.41, 5.74) is 2.22. The molecule has 4 aromatic rings. The second kappa shape index (κ2) is 6.61. The lowest BCUT2D eigenvalue weighted by atomic mass is 10.1. The summed E-state index contributed by atoms with van der Waals surface area (Å²) in [6.45, 7) is 0. The monoisotopic (exact) mass is 458 g/mol. The van der Waals surface area contributed by atoms with Crippen molar-refractivity contribution in [3.63, 3.8) is 0 Å². The highest BCUT2D eigenvalue weighted by atomic mass is 127. The fourth-order valence-corrected chi connectivity index (χ4v) is 3.24. The Labute approximate surface area is 163 Å². The third kappa shape index (κ3) is 3.07. The van der Waals surface area contributed by atoms with Crippen molar-refractivity contribution < 1.29 is 0 Å². The Hall–Kier alpha value is -2.18. The van der Waals surface area contributed by atoms with Crippen molar-refractivity contribution in [2.24, 2.45) is 0 Å². The number of para-hydroxylation sites is 1. The van der Waals surface area contributed by atoms with Gasteiger partial charge in [0.2, 0.25) is 0 Å². The molecule has 0 saturated carbocycles. The summed E-state index contributed by atoms with van der Waals surface area (Å²) in [5, 5.41) is 1.24. The summed E-state index contributed by atoms with van der Waals surface area (Å²) in [6.07, 6.45) is 0. The zero-order valence-corrected chi connectivity index (χ0v) is 15.9. The summed E-state index contributed by atoms with van der Waals surface area (Å²) < 4.78 is 2.76. The number of aromatic nitrogens is 2. The van der Waals surface area contributed by atoms with Gasteiger partial charge in [-0.3, -0.25) is 9.36 Å². The number of benzene rings is 3. The van der Waals surface area contributed by atoms with Gasteiger partial charge in [-0.15, -0.1) is 0 Å². The van der Waals surface area contributed by atoms with Gasteiger partial charge in [0.15, 0.2) is 0 Å². The molecule has 0 aliphatic rings. The van der Waals surface area contributed by atoms with Crippen LogP contribution in [0.5, 0.6) is 0 Å². The van der Waals surface area contributed by atoms with Crippen molar-refractivity contribution in [1.29, 1.82) is 0 Å². The Balaban J connectivity index is 2.09. The zero-order chi connectivity index (χ0) is 17.4. The standard InChI is InChI=1S/C20H12ClIN2O/c21-14-7-5-13(6-8-14)19-23-18-4-2-1-3-17(18)20(25)24(19)16-11-9-15(22)10-12-16/h1-12H. The molecule has 0 saturated heterocycles. The first-order valence-electron chi connectivity index (χ1n) is 7.67. The molecule has 0 aliphatic heterocycles. The first-order chi connectivity index (χ1) is 12.1. The molecule has 0 atom stereocenters. The lowest BCUT2D eigenvalue weighted by molar-refractivity contribution is 0.975. The van der Waals surface area contributed by atoms with Crippen molar-refractivity contribution in [3.05, 3.63) is 91.7 Å². The van der Waals surface area contributed by atoms with Crippen molar-refractivity contribution in [3.8, 4) is 17.1 Å². The molecular formula is C20H12ClIN2O. The quantitative estimate of drug-likeness (QED) is 0.382. The van der Waals surface area contributed by atoms with Crippen LogP contribution < -0.4 is 5.56 Å². The minimum atomic E-state index is -0.0863. The van der Waals surface area contributed by atoms with Crippen molar-refractivity contribution >= 4 is 45.1 Å². The minimum absolute atomic E-state index is 0.0863. The van der Waals surface area contributed by atoms with Crippen LogP contribution >= 0.6 is 34.2 Å². The SMILES string of the molecule is O=c1c2ccccc2nc(-c2ccc(Cl)cc2)n1-c1ccc(I)cc1. The fourth-order valence-electron chi connectivity index (χ4n) is 2.76. The second-order valence-corrected chi connectivity index (χ2v) is 7.26. The van der Waals surface area contributed by atoms with Crippen LogP contribution in [-0.2, 0) is 0 Å². The lowest BCUT2D eigenvalue weighted by Gasteiger charge is -2.14. The number of fused-ring (bicyclic) bond motifs is 1. The highest BCUT2D eigenvalue weighted by Gasteiger charge is 2.14. The molecule has 0 fully saturated rings. The Morgan fingerprint density at radius 1 is 0.880 bits per heavy atom. The van der Waals surface area contributed by atoms with E-state index in [0.717, 1.165) is 14.8 Å². The Bertz CT molecular complexity index is 1120. The molecule has 122 valence electrons. The third-order valence-electron chi connectivity index (χ3n) is 3.96. The van der Waals surface area contributed by atoms with Gasteiger partial charge in [-0.2, -0.15) is 0 Å². The van der Waals surface area contributed by atoms with E-state index in [0.29, 0.717) is 21.7 Å². The van der Waals surface area contributed by atoms with Crippen LogP contribution in [0.2, 0.25) is 5.02 Å². The topological polar surface area (TPSA) is 34.9 Å². The molecule has 0 spiro atoms. The molecule has 3 nitrogen and oxygen atoms in total. The van der Waals surface area contributed by atoms with Gasteiger partial charge >= 0.3 is 0 Å². The van der Waals surface area contributed by atoms with Crippen LogP contribution in [0.15, 0.2) is 77.6 Å². The molecule has 0 radical (unpaired) electrons. The van der Waals surface area contributed by atoms with Gasteiger partial charge in [0.05, 0.1) is 16.6 Å². The minimum Gasteiger partial charge on any atom is -0.268 e. The van der Waals surface area contributed by atoms with E-state index in [-0.39, 0.29) is 5.56 Å². The van der Waals surface area contributed by atoms with Crippen molar-refractivity contribution in [2.75, 3.05) is 0 Å². The van der Waals surface area contributed by atoms with Gasteiger partial charge in [-0.1, -0.05) is 23.7 Å². The summed E-state index contributed by atoms with van der Waals surface area (Å²) in [6, 6.07) is 22.6. The molecule has 1 heterocycles. The maximum absolute atomic E-state index is 13.2. The number of hydrogen-bond acceptors (Lipinski definition) is 2. The largest absolute Gasteiger partial charge is 0.268 e. The van der Waals surface area contributed by atoms with Gasteiger partial charge in [0.25, 0.3) is 5.56 Å². The molecule has 0 N–H and O–H groups in total. The fraction of sp³-hybridized carbons (Fsp3) is 0. The predicted molar refractivity (Wildman–Crippen MR) is 111 cm³/mol. The highest BCUT2D eigenvalue weighted by Crippen LogP contribution is 2.24. The maximum atomic E-state index is 13.2. The van der Waals surface area contributed by atoms with E-state index in [4.69, 9.17) is 16.6 Å². The maximum Gasteiger partial charge on any atom is 0.266 e. The van der Waals surface area contributed by atoms with Crippen molar-refractivity contribution in [2.45, 2.75) is 0 Å². The van der Waals surface area contributed by atoms with E-state index in [2.05, 4.69) is 22.6 Å². The van der Waals surface area contributed by atoms with E-state index in [1.807, 2.05) is 54.6 Å². The van der Waals surface area contributed by atoms with Gasteiger partial charge in [0.1, 0.15) is 5.82 Å². The van der Waals surface area contributed by atoms with E-state index in [9.17, 15) is 4.79 Å². The number of halogens is 2. The third-order valence-corrected chi connectivity index (χ3v) is 4.93. The number of hydrogen-bond donors (Lipinski definition) is 0. The molecule has 0 unspecified atom stereocenters. The lowest BCUT2D eigenvalue weighted by Crippen LogP contribution is -2.21. The van der Waals surface area contributed by atoms with Gasteiger partial charge in [-0.25, -0.2) is 4.98 Å². The normalized spacial score (nSPS) is 11.0. The smallest absolute Gasteiger partial charge is 0.266 e. The summed E-state index contributed by atoms with van der Waals surface area (Å²) in [4.78, 5) is 17.9. The molecule has 4 rings (SSSR count). The molecule has 0 amide bonds. The Morgan fingerprint density at radius 3 is 2.28 bits per heavy atom. The van der Waals surface area contributed by atoms with E-state index >= 15 is 0 Å². The van der Waals surface area contributed by atoms with Crippen LogP contribution in [0.4, 0.5) is 0 Å². The van der Waals surface area contributed by atoms with E-state index in [1.54, 1.807) is 22.8 Å². The van der Waals surface area contributed by atoms with Crippen LogP contribution in [0, 0.1) is 3.57 Å². The van der Waals surface area contributed by atoms with E-state index < -0.39 is 0 Å². The summed E-state index contributed by atoms with van der Waals surface area (Å²) in [7, 11) is 0. The summed E-state index contributed by atoms with van der Waals surface area (Å²) in [5.74, 6) is 0.599. The molecule has 1 aromatic heterocycles. The summed E-state index contributed by atoms with van der Waals surface area (Å²) >= 11 is 8.25. The highest BCUT2D eigenvalue weighted by molar-refractivity contribution is 14.1. The first-order valence-corrected chi connectivity index (χ1v) is 9.13. The number of nitrogens with zero attached hydrogens (tertiary/aromatic N) is 2. The Kier molecular flexibility index (Phi) is 4.31. The second-order valence-electron chi connectivity index (χ2n) is 5.58. The van der Waals surface area contributed by atoms with Crippen LogP contribution in [-0.4, -0.2) is 9.55 Å². The zero-order valence-electron chi connectivity index (χ0n) is 13.0. The van der Waals surface area contributed by atoms with Crippen LogP contribution in [0.25, 0.3) is 28.0 Å². The van der Waals surface area contributed by atoms with E-state index in [1.165, 1.54) is 0 Å². The Morgan fingerprint density at radius 2 is 1.56 bits per heavy atom. The van der Waals surface area contributed by atoms with Gasteiger partial charge < -0.3 is 0 Å².